The normalized spacial score (nSPS) is 23.0. The number of amides is 3. The standard InChI is InChI=1S/C26H26FN3O8/c1-26(2,3)38-25(34)28-15-12-19(27)21(29-22(31)17-6-4-5-7-18(17)23(29)32)20(13-15)37-24(33)14-8-10-16(11-9-14)30(35)36/h4-11,15,19-21H,12-13H2,1-3H3,(H,28,34). The number of nitro benzene ring substituents is 1. The topological polar surface area (TPSA) is 145 Å². The highest BCUT2D eigenvalue weighted by Crippen LogP contribution is 2.35. The van der Waals surface area contributed by atoms with Gasteiger partial charge in [-0.3, -0.25) is 24.6 Å². The van der Waals surface area contributed by atoms with Crippen LogP contribution >= 0.6 is 0 Å². The summed E-state index contributed by atoms with van der Waals surface area (Å²) < 4.78 is 26.6. The third-order valence-corrected chi connectivity index (χ3v) is 6.19. The Labute approximate surface area is 217 Å². The molecule has 0 aromatic heterocycles. The second-order valence-electron chi connectivity index (χ2n) is 10.1. The lowest BCUT2D eigenvalue weighted by molar-refractivity contribution is -0.384. The number of alkyl carbamates (subject to hydrolysis) is 1. The lowest BCUT2D eigenvalue weighted by Gasteiger charge is -2.41. The summed E-state index contributed by atoms with van der Waals surface area (Å²) in [5, 5.41) is 13.5. The molecular formula is C26H26FN3O8. The van der Waals surface area contributed by atoms with Crippen LogP contribution < -0.4 is 5.32 Å². The molecule has 2 aromatic carbocycles. The SMILES string of the molecule is CC(C)(C)OC(=O)NC1CC(F)C(N2C(=O)c3ccccc3C2=O)C(OC(=O)c2ccc([N+](=O)[O-])cc2)C1. The summed E-state index contributed by atoms with van der Waals surface area (Å²) in [6, 6.07) is 8.37. The molecule has 0 bridgehead atoms. The van der Waals surface area contributed by atoms with Gasteiger partial charge in [0.15, 0.2) is 0 Å². The molecule has 0 radical (unpaired) electrons. The number of ether oxygens (including phenoxy) is 2. The molecule has 2 aliphatic rings. The second-order valence-corrected chi connectivity index (χ2v) is 10.1. The van der Waals surface area contributed by atoms with Gasteiger partial charge in [0.1, 0.15) is 23.9 Å². The van der Waals surface area contributed by atoms with Crippen molar-refractivity contribution in [2.45, 2.75) is 63.6 Å². The van der Waals surface area contributed by atoms with E-state index in [4.69, 9.17) is 9.47 Å². The van der Waals surface area contributed by atoms with Gasteiger partial charge < -0.3 is 14.8 Å². The number of carbonyl (C=O) groups is 4. The fourth-order valence-corrected chi connectivity index (χ4v) is 4.60. The van der Waals surface area contributed by atoms with Crippen LogP contribution in [0.25, 0.3) is 0 Å². The number of benzene rings is 2. The minimum atomic E-state index is -1.85. The Hall–Kier alpha value is -4.35. The fraction of sp³-hybridized carbons (Fsp3) is 0.385. The number of halogens is 1. The summed E-state index contributed by atoms with van der Waals surface area (Å²) in [5.41, 5.74) is -0.876. The molecule has 200 valence electrons. The van der Waals surface area contributed by atoms with E-state index in [1.165, 1.54) is 24.3 Å². The minimum Gasteiger partial charge on any atom is -0.456 e. The van der Waals surface area contributed by atoms with E-state index in [1.807, 2.05) is 0 Å². The highest BCUT2D eigenvalue weighted by atomic mass is 19.1. The molecule has 38 heavy (non-hydrogen) atoms. The minimum absolute atomic E-state index is 0.0469. The first kappa shape index (κ1) is 26.7. The Morgan fingerprint density at radius 3 is 2.13 bits per heavy atom. The number of nitrogens with zero attached hydrogens (tertiary/aromatic N) is 2. The number of nitrogens with one attached hydrogen (secondary N) is 1. The quantitative estimate of drug-likeness (QED) is 0.267. The average Bonchev–Trinajstić information content (AvgIpc) is 3.08. The Morgan fingerprint density at radius 2 is 1.61 bits per heavy atom. The number of nitro groups is 1. The third-order valence-electron chi connectivity index (χ3n) is 6.19. The van der Waals surface area contributed by atoms with Crippen LogP contribution in [0.2, 0.25) is 0 Å². The van der Waals surface area contributed by atoms with Crippen LogP contribution in [0.4, 0.5) is 14.9 Å². The number of alkyl halides is 1. The van der Waals surface area contributed by atoms with Crippen molar-refractivity contribution in [2.24, 2.45) is 0 Å². The van der Waals surface area contributed by atoms with Crippen molar-refractivity contribution in [2.75, 3.05) is 0 Å². The van der Waals surface area contributed by atoms with Gasteiger partial charge in [0.2, 0.25) is 0 Å². The number of fused-ring (bicyclic) bond motifs is 1. The molecule has 12 heteroatoms. The zero-order valence-electron chi connectivity index (χ0n) is 20.9. The molecule has 3 amide bonds. The van der Waals surface area contributed by atoms with Crippen molar-refractivity contribution in [1.29, 1.82) is 0 Å². The predicted octanol–water partition coefficient (Wildman–Crippen LogP) is 3.81. The van der Waals surface area contributed by atoms with Gasteiger partial charge in [0.05, 0.1) is 21.6 Å². The maximum atomic E-state index is 15.7. The average molecular weight is 528 g/mol. The van der Waals surface area contributed by atoms with Crippen molar-refractivity contribution in [3.8, 4) is 0 Å². The molecule has 11 nitrogen and oxygen atoms in total. The van der Waals surface area contributed by atoms with Gasteiger partial charge in [-0.25, -0.2) is 14.0 Å². The van der Waals surface area contributed by atoms with E-state index in [0.717, 1.165) is 17.0 Å². The molecule has 1 saturated carbocycles. The summed E-state index contributed by atoms with van der Waals surface area (Å²) in [6.07, 6.45) is -4.35. The number of rotatable bonds is 5. The molecular weight excluding hydrogens is 501 g/mol. The Kier molecular flexibility index (Phi) is 7.16. The summed E-state index contributed by atoms with van der Waals surface area (Å²) in [7, 11) is 0. The first-order valence-corrected chi connectivity index (χ1v) is 11.9. The first-order valence-electron chi connectivity index (χ1n) is 11.9. The first-order chi connectivity index (χ1) is 17.9. The Bertz CT molecular complexity index is 1260. The van der Waals surface area contributed by atoms with Gasteiger partial charge in [-0.1, -0.05) is 12.1 Å². The third kappa shape index (κ3) is 5.48. The Morgan fingerprint density at radius 1 is 1.03 bits per heavy atom. The van der Waals surface area contributed by atoms with Gasteiger partial charge in [0.25, 0.3) is 17.5 Å². The van der Waals surface area contributed by atoms with Crippen LogP contribution in [-0.4, -0.2) is 63.7 Å². The highest BCUT2D eigenvalue weighted by molar-refractivity contribution is 6.21. The van der Waals surface area contributed by atoms with Crippen LogP contribution in [0.15, 0.2) is 48.5 Å². The molecule has 4 unspecified atom stereocenters. The second kappa shape index (κ2) is 10.2. The molecule has 4 atom stereocenters. The number of carbonyl (C=O) groups excluding carboxylic acids is 4. The number of hydrogen-bond acceptors (Lipinski definition) is 8. The van der Waals surface area contributed by atoms with E-state index < -0.39 is 58.8 Å². The van der Waals surface area contributed by atoms with Gasteiger partial charge in [-0.15, -0.1) is 0 Å². The maximum Gasteiger partial charge on any atom is 0.407 e. The zero-order chi connectivity index (χ0) is 27.8. The van der Waals surface area contributed by atoms with Crippen LogP contribution in [0.5, 0.6) is 0 Å². The monoisotopic (exact) mass is 527 g/mol. The summed E-state index contributed by atoms with van der Waals surface area (Å²) in [4.78, 5) is 62.6. The molecule has 4 rings (SSSR count). The molecule has 1 fully saturated rings. The van der Waals surface area contributed by atoms with Crippen LogP contribution in [-0.2, 0) is 9.47 Å². The van der Waals surface area contributed by atoms with E-state index in [9.17, 15) is 29.3 Å². The van der Waals surface area contributed by atoms with Gasteiger partial charge in [-0.05, 0) is 45.0 Å². The predicted molar refractivity (Wildman–Crippen MR) is 130 cm³/mol. The van der Waals surface area contributed by atoms with E-state index in [-0.39, 0.29) is 35.2 Å². The van der Waals surface area contributed by atoms with E-state index in [1.54, 1.807) is 32.9 Å². The van der Waals surface area contributed by atoms with Crippen molar-refractivity contribution < 1.29 is 38.0 Å². The molecule has 0 spiro atoms. The van der Waals surface area contributed by atoms with Crippen molar-refractivity contribution >= 4 is 29.6 Å². The van der Waals surface area contributed by atoms with Crippen molar-refractivity contribution in [3.63, 3.8) is 0 Å². The van der Waals surface area contributed by atoms with E-state index >= 15 is 4.39 Å². The number of hydrogen-bond donors (Lipinski definition) is 1. The van der Waals surface area contributed by atoms with Gasteiger partial charge in [-0.2, -0.15) is 0 Å². The number of esters is 1. The zero-order valence-corrected chi connectivity index (χ0v) is 20.9. The molecule has 1 aliphatic heterocycles. The van der Waals surface area contributed by atoms with Gasteiger partial charge in [0, 0.05) is 31.0 Å². The number of imide groups is 1. The molecule has 1 heterocycles. The summed E-state index contributed by atoms with van der Waals surface area (Å²) in [5.74, 6) is -2.36. The fourth-order valence-electron chi connectivity index (χ4n) is 4.60. The maximum absolute atomic E-state index is 15.7. The van der Waals surface area contributed by atoms with E-state index in [2.05, 4.69) is 5.32 Å². The highest BCUT2D eigenvalue weighted by Gasteiger charge is 2.51. The molecule has 1 N–H and O–H groups in total. The van der Waals surface area contributed by atoms with E-state index in [0.29, 0.717) is 0 Å². The molecule has 2 aromatic rings. The van der Waals surface area contributed by atoms with Crippen LogP contribution in [0, 0.1) is 10.1 Å². The number of non-ortho nitro benzene ring substituents is 1. The lowest BCUT2D eigenvalue weighted by atomic mass is 9.85. The lowest BCUT2D eigenvalue weighted by Crippen LogP contribution is -2.60. The molecule has 1 aliphatic carbocycles. The Balaban J connectivity index is 1.61. The van der Waals surface area contributed by atoms with Gasteiger partial charge >= 0.3 is 12.1 Å². The van der Waals surface area contributed by atoms with Crippen molar-refractivity contribution in [3.05, 3.63) is 75.3 Å². The molecule has 0 saturated heterocycles. The van der Waals surface area contributed by atoms with Crippen molar-refractivity contribution in [1.82, 2.24) is 10.2 Å². The largest absolute Gasteiger partial charge is 0.456 e. The van der Waals surface area contributed by atoms with Crippen LogP contribution in [0.3, 0.4) is 0 Å². The summed E-state index contributed by atoms with van der Waals surface area (Å²) >= 11 is 0. The smallest absolute Gasteiger partial charge is 0.407 e. The summed E-state index contributed by atoms with van der Waals surface area (Å²) in [6.45, 7) is 5.00. The van der Waals surface area contributed by atoms with Crippen LogP contribution in [0.1, 0.15) is 64.7 Å².